The minimum Gasteiger partial charge on any atom is -0.382 e. The number of nitrogen functional groups attached to an aromatic ring is 1. The molecular formula is C22H25N7. The van der Waals surface area contributed by atoms with E-state index in [1.54, 1.807) is 0 Å². The second-order valence-electron chi connectivity index (χ2n) is 7.70. The Kier molecular flexibility index (Phi) is 4.52. The lowest BCUT2D eigenvalue weighted by Gasteiger charge is -2.23. The Balaban J connectivity index is 1.68. The van der Waals surface area contributed by atoms with Crippen LogP contribution < -0.4 is 11.5 Å². The van der Waals surface area contributed by atoms with Gasteiger partial charge in [0.15, 0.2) is 5.82 Å². The highest BCUT2D eigenvalue weighted by atomic mass is 15.3. The number of fused-ring (bicyclic) bond motifs is 1. The van der Waals surface area contributed by atoms with Gasteiger partial charge in [0.25, 0.3) is 0 Å². The Morgan fingerprint density at radius 1 is 0.966 bits per heavy atom. The summed E-state index contributed by atoms with van der Waals surface area (Å²) in [5.74, 6) is 0.469. The van der Waals surface area contributed by atoms with E-state index in [1.807, 2.05) is 22.8 Å². The molecule has 0 radical (unpaired) electrons. The Hall–Kier alpha value is -3.19. The van der Waals surface area contributed by atoms with Gasteiger partial charge in [-0.2, -0.15) is 10.2 Å². The lowest BCUT2D eigenvalue weighted by Crippen LogP contribution is -2.15. The van der Waals surface area contributed by atoms with Crippen LogP contribution in [-0.2, 0) is 6.54 Å². The zero-order valence-electron chi connectivity index (χ0n) is 16.3. The average molecular weight is 387 g/mol. The van der Waals surface area contributed by atoms with Gasteiger partial charge in [0, 0.05) is 23.9 Å². The van der Waals surface area contributed by atoms with Crippen molar-refractivity contribution in [2.75, 3.05) is 5.73 Å². The van der Waals surface area contributed by atoms with E-state index < -0.39 is 0 Å². The molecule has 3 aromatic heterocycles. The highest BCUT2D eigenvalue weighted by molar-refractivity contribution is 5.90. The van der Waals surface area contributed by atoms with Crippen molar-refractivity contribution in [3.8, 4) is 22.5 Å². The maximum atomic E-state index is 6.31. The van der Waals surface area contributed by atoms with E-state index in [9.17, 15) is 0 Å². The molecule has 0 bridgehead atoms. The van der Waals surface area contributed by atoms with Crippen LogP contribution in [-0.4, -0.2) is 24.4 Å². The quantitative estimate of drug-likeness (QED) is 0.555. The molecule has 5 rings (SSSR count). The fraction of sp³-hybridized carbons (Fsp3) is 0.318. The highest BCUT2D eigenvalue weighted by Crippen LogP contribution is 2.37. The second-order valence-corrected chi connectivity index (χ2v) is 7.70. The standard InChI is InChI=1S/C22H25N7/c23-13-15-6-8-16(9-7-15)20-12-18(21-22(24)25-14-27-29(20)21)19-10-11-26-28(19)17-4-2-1-3-5-17/h6-12,14,17H,1-5,13,23H2,(H2,24,25,27). The minimum absolute atomic E-state index is 0.432. The molecule has 4 aromatic rings. The first-order chi connectivity index (χ1) is 14.3. The summed E-state index contributed by atoms with van der Waals surface area (Å²) in [6.07, 6.45) is 9.53. The van der Waals surface area contributed by atoms with Crippen LogP contribution in [0.1, 0.15) is 43.7 Å². The number of hydrogen-bond donors (Lipinski definition) is 2. The van der Waals surface area contributed by atoms with E-state index in [0.29, 0.717) is 18.4 Å². The maximum absolute atomic E-state index is 6.31. The number of nitrogens with zero attached hydrogens (tertiary/aromatic N) is 5. The van der Waals surface area contributed by atoms with Crippen LogP contribution in [0.25, 0.3) is 28.0 Å². The molecule has 4 N–H and O–H groups in total. The third-order valence-electron chi connectivity index (χ3n) is 5.93. The first-order valence-corrected chi connectivity index (χ1v) is 10.2. The van der Waals surface area contributed by atoms with E-state index in [-0.39, 0.29) is 0 Å². The number of aromatic nitrogens is 5. The first-order valence-electron chi connectivity index (χ1n) is 10.2. The summed E-state index contributed by atoms with van der Waals surface area (Å²) in [4.78, 5) is 4.25. The van der Waals surface area contributed by atoms with Crippen LogP contribution in [0.15, 0.2) is 48.9 Å². The summed E-state index contributed by atoms with van der Waals surface area (Å²) in [6, 6.07) is 12.9. The van der Waals surface area contributed by atoms with Crippen molar-refractivity contribution in [1.82, 2.24) is 24.4 Å². The molecule has 29 heavy (non-hydrogen) atoms. The molecule has 0 saturated heterocycles. The molecule has 7 heteroatoms. The smallest absolute Gasteiger partial charge is 0.152 e. The van der Waals surface area contributed by atoms with Gasteiger partial charge in [-0.15, -0.1) is 0 Å². The zero-order valence-corrected chi connectivity index (χ0v) is 16.3. The van der Waals surface area contributed by atoms with Crippen LogP contribution in [0.4, 0.5) is 5.82 Å². The van der Waals surface area contributed by atoms with Gasteiger partial charge in [0.2, 0.25) is 0 Å². The monoisotopic (exact) mass is 387 g/mol. The van der Waals surface area contributed by atoms with E-state index in [2.05, 4.69) is 44.1 Å². The van der Waals surface area contributed by atoms with Gasteiger partial charge in [-0.3, -0.25) is 4.68 Å². The SMILES string of the molecule is NCc1ccc(-c2cc(-c3ccnn3C3CCCCC3)c3c(N)ncnn23)cc1. The third-order valence-corrected chi connectivity index (χ3v) is 5.93. The van der Waals surface area contributed by atoms with Crippen molar-refractivity contribution in [3.63, 3.8) is 0 Å². The normalized spacial score (nSPS) is 15.2. The maximum Gasteiger partial charge on any atom is 0.152 e. The Bertz CT molecular complexity index is 1130. The Morgan fingerprint density at radius 2 is 1.76 bits per heavy atom. The van der Waals surface area contributed by atoms with Crippen molar-refractivity contribution >= 4 is 11.3 Å². The van der Waals surface area contributed by atoms with Crippen molar-refractivity contribution in [1.29, 1.82) is 0 Å². The van der Waals surface area contributed by atoms with Crippen LogP contribution >= 0.6 is 0 Å². The number of rotatable bonds is 4. The third kappa shape index (κ3) is 3.07. The molecule has 1 aromatic carbocycles. The van der Waals surface area contributed by atoms with Gasteiger partial charge in [-0.1, -0.05) is 43.5 Å². The van der Waals surface area contributed by atoms with Gasteiger partial charge in [-0.25, -0.2) is 9.50 Å². The second kappa shape index (κ2) is 7.33. The van der Waals surface area contributed by atoms with Crippen molar-refractivity contribution < 1.29 is 0 Å². The summed E-state index contributed by atoms with van der Waals surface area (Å²) in [6.45, 7) is 0.524. The average Bonchev–Trinajstić information content (AvgIpc) is 3.40. The highest BCUT2D eigenvalue weighted by Gasteiger charge is 2.23. The molecule has 7 nitrogen and oxygen atoms in total. The topological polar surface area (TPSA) is 100 Å². The predicted molar refractivity (Wildman–Crippen MR) is 114 cm³/mol. The molecule has 0 aliphatic heterocycles. The number of benzene rings is 1. The van der Waals surface area contributed by atoms with E-state index >= 15 is 0 Å². The zero-order chi connectivity index (χ0) is 19.8. The van der Waals surface area contributed by atoms with Crippen LogP contribution in [0.5, 0.6) is 0 Å². The lowest BCUT2D eigenvalue weighted by atomic mass is 9.95. The Labute approximate surface area is 169 Å². The fourth-order valence-corrected chi connectivity index (χ4v) is 4.42. The lowest BCUT2D eigenvalue weighted by molar-refractivity contribution is 0.332. The summed E-state index contributed by atoms with van der Waals surface area (Å²) in [7, 11) is 0. The fourth-order valence-electron chi connectivity index (χ4n) is 4.42. The minimum atomic E-state index is 0.432. The van der Waals surface area contributed by atoms with E-state index in [1.165, 1.54) is 38.4 Å². The molecule has 1 aliphatic carbocycles. The molecule has 0 atom stereocenters. The van der Waals surface area contributed by atoms with Crippen LogP contribution in [0.2, 0.25) is 0 Å². The van der Waals surface area contributed by atoms with Gasteiger partial charge in [-0.05, 0) is 30.5 Å². The summed E-state index contributed by atoms with van der Waals surface area (Å²) >= 11 is 0. The molecular weight excluding hydrogens is 362 g/mol. The molecule has 1 aliphatic rings. The number of nitrogens with two attached hydrogens (primary N) is 2. The summed E-state index contributed by atoms with van der Waals surface area (Å²) < 4.78 is 4.05. The number of hydrogen-bond acceptors (Lipinski definition) is 5. The van der Waals surface area contributed by atoms with Crippen molar-refractivity contribution in [3.05, 3.63) is 54.5 Å². The van der Waals surface area contributed by atoms with E-state index in [4.69, 9.17) is 11.5 Å². The van der Waals surface area contributed by atoms with Gasteiger partial charge >= 0.3 is 0 Å². The molecule has 3 heterocycles. The molecule has 1 saturated carbocycles. The predicted octanol–water partition coefficient (Wildman–Crippen LogP) is 3.81. The van der Waals surface area contributed by atoms with Crippen LogP contribution in [0.3, 0.4) is 0 Å². The summed E-state index contributed by atoms with van der Waals surface area (Å²) in [5, 5.41) is 9.17. The molecule has 0 unspecified atom stereocenters. The molecule has 0 amide bonds. The molecule has 148 valence electrons. The van der Waals surface area contributed by atoms with Crippen LogP contribution in [0, 0.1) is 0 Å². The number of anilines is 1. The van der Waals surface area contributed by atoms with E-state index in [0.717, 1.165) is 33.6 Å². The van der Waals surface area contributed by atoms with Crippen molar-refractivity contribution in [2.24, 2.45) is 5.73 Å². The molecule has 0 spiro atoms. The van der Waals surface area contributed by atoms with Gasteiger partial charge in [0.05, 0.1) is 17.4 Å². The Morgan fingerprint density at radius 3 is 2.52 bits per heavy atom. The molecule has 1 fully saturated rings. The van der Waals surface area contributed by atoms with Gasteiger partial charge in [0.1, 0.15) is 11.8 Å². The van der Waals surface area contributed by atoms with Gasteiger partial charge < -0.3 is 11.5 Å². The van der Waals surface area contributed by atoms with Crippen molar-refractivity contribution in [2.45, 2.75) is 44.7 Å². The first kappa shape index (κ1) is 17.9. The largest absolute Gasteiger partial charge is 0.382 e. The summed E-state index contributed by atoms with van der Waals surface area (Å²) in [5.41, 5.74) is 18.1.